The molecule has 2 heterocycles. The zero-order valence-electron chi connectivity index (χ0n) is 21.3. The number of halogens is 3. The highest BCUT2D eigenvalue weighted by atomic mass is 19.4. The molecule has 2 aromatic carbocycles. The number of rotatable bonds is 7. The third kappa shape index (κ3) is 5.89. The summed E-state index contributed by atoms with van der Waals surface area (Å²) in [5, 5.41) is 9.65. The standard InChI is InChI=1S/C29H34F3NO4/c1-18-3-8-24(37-29(30,31)32)23(15-18)17-33-13-11-28(12-14-33)10-9-20-4-7-22(16-25(20)36-28)26(21-5-6-21)19(2)27(34)35/h3-4,7-8,15-16,19,21,26H,5-6,9-14,17H2,1-2H3,(H,34,35). The van der Waals surface area contributed by atoms with Gasteiger partial charge in [0.2, 0.25) is 0 Å². The first-order valence-corrected chi connectivity index (χ1v) is 13.1. The van der Waals surface area contributed by atoms with Crippen molar-refractivity contribution in [2.45, 2.75) is 76.8 Å². The molecule has 1 N–H and O–H groups in total. The maximum Gasteiger partial charge on any atom is 0.573 e. The van der Waals surface area contributed by atoms with E-state index in [-0.39, 0.29) is 17.3 Å². The van der Waals surface area contributed by atoms with Crippen LogP contribution in [0.25, 0.3) is 0 Å². The summed E-state index contributed by atoms with van der Waals surface area (Å²) in [6, 6.07) is 11.0. The molecule has 200 valence electrons. The highest BCUT2D eigenvalue weighted by molar-refractivity contribution is 5.71. The predicted molar refractivity (Wildman–Crippen MR) is 133 cm³/mol. The van der Waals surface area contributed by atoms with Crippen molar-refractivity contribution in [2.24, 2.45) is 11.8 Å². The van der Waals surface area contributed by atoms with Crippen LogP contribution in [0.3, 0.4) is 0 Å². The molecule has 37 heavy (non-hydrogen) atoms. The van der Waals surface area contributed by atoms with Crippen LogP contribution < -0.4 is 9.47 Å². The lowest BCUT2D eigenvalue weighted by Gasteiger charge is -2.45. The molecule has 2 fully saturated rings. The molecular weight excluding hydrogens is 483 g/mol. The van der Waals surface area contributed by atoms with Crippen LogP contribution in [0.5, 0.6) is 11.5 Å². The van der Waals surface area contributed by atoms with E-state index >= 15 is 0 Å². The molecule has 2 atom stereocenters. The number of carbonyl (C=O) groups is 1. The van der Waals surface area contributed by atoms with Crippen LogP contribution in [0.1, 0.15) is 67.2 Å². The van der Waals surface area contributed by atoms with Crippen molar-refractivity contribution in [3.63, 3.8) is 0 Å². The minimum Gasteiger partial charge on any atom is -0.487 e. The Labute approximate surface area is 215 Å². The van der Waals surface area contributed by atoms with E-state index in [0.717, 1.165) is 74.1 Å². The molecule has 0 radical (unpaired) electrons. The first-order valence-electron chi connectivity index (χ1n) is 13.1. The fourth-order valence-electron chi connectivity index (χ4n) is 6.07. The number of hydrogen-bond donors (Lipinski definition) is 1. The van der Waals surface area contributed by atoms with Crippen LogP contribution in [-0.4, -0.2) is 41.0 Å². The van der Waals surface area contributed by atoms with Gasteiger partial charge < -0.3 is 14.6 Å². The van der Waals surface area contributed by atoms with Gasteiger partial charge >= 0.3 is 12.3 Å². The zero-order valence-corrected chi connectivity index (χ0v) is 21.3. The van der Waals surface area contributed by atoms with Gasteiger partial charge in [-0.3, -0.25) is 9.69 Å². The van der Waals surface area contributed by atoms with Gasteiger partial charge in [0.25, 0.3) is 0 Å². The lowest BCUT2D eigenvalue weighted by Crippen LogP contribution is -2.49. The summed E-state index contributed by atoms with van der Waals surface area (Å²) in [5.41, 5.74) is 3.33. The molecule has 1 saturated carbocycles. The third-order valence-corrected chi connectivity index (χ3v) is 8.31. The number of carboxylic acid groups (broad SMARTS) is 1. The van der Waals surface area contributed by atoms with Gasteiger partial charge in [-0.25, -0.2) is 0 Å². The third-order valence-electron chi connectivity index (χ3n) is 8.31. The van der Waals surface area contributed by atoms with Gasteiger partial charge in [0.1, 0.15) is 17.1 Å². The molecule has 1 aliphatic carbocycles. The van der Waals surface area contributed by atoms with E-state index in [1.54, 1.807) is 19.1 Å². The Morgan fingerprint density at radius 2 is 1.89 bits per heavy atom. The number of hydrogen-bond acceptors (Lipinski definition) is 4. The van der Waals surface area contributed by atoms with E-state index in [2.05, 4.69) is 27.8 Å². The highest BCUT2D eigenvalue weighted by Crippen LogP contribution is 2.49. The Morgan fingerprint density at radius 3 is 2.54 bits per heavy atom. The van der Waals surface area contributed by atoms with E-state index in [4.69, 9.17) is 4.74 Å². The molecule has 3 aliphatic rings. The molecule has 2 unspecified atom stereocenters. The summed E-state index contributed by atoms with van der Waals surface area (Å²) >= 11 is 0. The quantitative estimate of drug-likeness (QED) is 0.456. The van der Waals surface area contributed by atoms with Gasteiger partial charge in [0.15, 0.2) is 0 Å². The number of aryl methyl sites for hydroxylation is 2. The molecule has 8 heteroatoms. The Morgan fingerprint density at radius 1 is 1.16 bits per heavy atom. The Kier molecular flexibility index (Phi) is 6.90. The van der Waals surface area contributed by atoms with E-state index in [0.29, 0.717) is 18.0 Å². The van der Waals surface area contributed by atoms with Crippen LogP contribution in [-0.2, 0) is 17.8 Å². The smallest absolute Gasteiger partial charge is 0.487 e. The lowest BCUT2D eigenvalue weighted by molar-refractivity contribution is -0.275. The van der Waals surface area contributed by atoms with E-state index < -0.39 is 18.2 Å². The Bertz CT molecular complexity index is 1150. The summed E-state index contributed by atoms with van der Waals surface area (Å²) in [7, 11) is 0. The molecule has 2 aliphatic heterocycles. The second-order valence-electron chi connectivity index (χ2n) is 11.1. The van der Waals surface area contributed by atoms with E-state index in [1.807, 2.05) is 6.92 Å². The average Bonchev–Trinajstić information content (AvgIpc) is 3.67. The first-order chi connectivity index (χ1) is 17.5. The zero-order chi connectivity index (χ0) is 26.4. The van der Waals surface area contributed by atoms with Gasteiger partial charge in [0.05, 0.1) is 5.92 Å². The van der Waals surface area contributed by atoms with Crippen molar-refractivity contribution in [1.29, 1.82) is 0 Å². The van der Waals surface area contributed by atoms with Crippen LogP contribution in [0, 0.1) is 18.8 Å². The van der Waals surface area contributed by atoms with Crippen molar-refractivity contribution in [3.05, 3.63) is 58.7 Å². The van der Waals surface area contributed by atoms with Gasteiger partial charge in [-0.2, -0.15) is 0 Å². The number of piperidine rings is 1. The number of aliphatic carboxylic acids is 1. The molecular formula is C29H34F3NO4. The van der Waals surface area contributed by atoms with Crippen LogP contribution in [0.15, 0.2) is 36.4 Å². The summed E-state index contributed by atoms with van der Waals surface area (Å²) in [6.45, 7) is 5.48. The molecule has 0 bridgehead atoms. The average molecular weight is 518 g/mol. The van der Waals surface area contributed by atoms with E-state index in [9.17, 15) is 23.1 Å². The Balaban J connectivity index is 1.27. The lowest BCUT2D eigenvalue weighted by atomic mass is 9.80. The van der Waals surface area contributed by atoms with E-state index in [1.165, 1.54) is 6.07 Å². The fourth-order valence-corrected chi connectivity index (χ4v) is 6.07. The molecule has 2 aromatic rings. The molecule has 0 amide bonds. The summed E-state index contributed by atoms with van der Waals surface area (Å²) < 4.78 is 49.6. The topological polar surface area (TPSA) is 59.0 Å². The van der Waals surface area contributed by atoms with Gasteiger partial charge in [-0.15, -0.1) is 13.2 Å². The molecule has 5 rings (SSSR count). The molecule has 5 nitrogen and oxygen atoms in total. The van der Waals surface area contributed by atoms with Crippen molar-refractivity contribution in [2.75, 3.05) is 13.1 Å². The number of nitrogens with zero attached hydrogens (tertiary/aromatic N) is 1. The number of ether oxygens (including phenoxy) is 2. The maximum atomic E-state index is 12.9. The second kappa shape index (κ2) is 9.86. The van der Waals surface area contributed by atoms with Gasteiger partial charge in [0, 0.05) is 25.2 Å². The summed E-state index contributed by atoms with van der Waals surface area (Å²) in [6.07, 6.45) is 0.786. The van der Waals surface area contributed by atoms with Crippen molar-refractivity contribution >= 4 is 5.97 Å². The van der Waals surface area contributed by atoms with Crippen molar-refractivity contribution in [1.82, 2.24) is 4.90 Å². The molecule has 1 spiro atoms. The molecule has 0 aromatic heterocycles. The Hall–Kier alpha value is -2.74. The largest absolute Gasteiger partial charge is 0.573 e. The fraction of sp³-hybridized carbons (Fsp3) is 0.552. The number of fused-ring (bicyclic) bond motifs is 1. The predicted octanol–water partition coefficient (Wildman–Crippen LogP) is 6.47. The van der Waals surface area contributed by atoms with Crippen LogP contribution in [0.2, 0.25) is 0 Å². The number of carboxylic acids is 1. The maximum absolute atomic E-state index is 12.9. The minimum atomic E-state index is -4.72. The molecule has 1 saturated heterocycles. The minimum absolute atomic E-state index is 0.00596. The first kappa shape index (κ1) is 25.9. The van der Waals surface area contributed by atoms with Crippen molar-refractivity contribution < 1.29 is 32.5 Å². The summed E-state index contributed by atoms with van der Waals surface area (Å²) in [5.74, 6) is -0.0862. The number of benzene rings is 2. The normalized spacial score (nSPS) is 21.1. The summed E-state index contributed by atoms with van der Waals surface area (Å²) in [4.78, 5) is 13.9. The number of likely N-dealkylation sites (tertiary alicyclic amines) is 1. The van der Waals surface area contributed by atoms with Crippen LogP contribution in [0.4, 0.5) is 13.2 Å². The SMILES string of the molecule is Cc1ccc(OC(F)(F)F)c(CN2CCC3(CCc4ccc(C(C5CC5)C(C)C(=O)O)cc4O3)CC2)c1. The van der Waals surface area contributed by atoms with Crippen LogP contribution >= 0.6 is 0 Å². The van der Waals surface area contributed by atoms with Gasteiger partial charge in [-0.05, 0) is 80.5 Å². The second-order valence-corrected chi connectivity index (χ2v) is 11.1. The highest BCUT2D eigenvalue weighted by Gasteiger charge is 2.42. The number of alkyl halides is 3. The van der Waals surface area contributed by atoms with Gasteiger partial charge in [-0.1, -0.05) is 36.8 Å². The monoisotopic (exact) mass is 517 g/mol. The van der Waals surface area contributed by atoms with Crippen molar-refractivity contribution in [3.8, 4) is 11.5 Å².